The van der Waals surface area contributed by atoms with Crippen molar-refractivity contribution in [1.29, 1.82) is 0 Å². The fraction of sp³-hybridized carbons (Fsp3) is 0.919. The Hall–Kier alpha value is -1.73. The summed E-state index contributed by atoms with van der Waals surface area (Å²) < 4.78 is 34.3. The molecule has 0 aromatic carbocycles. The quantitative estimate of drug-likeness (QED) is 0.0222. The van der Waals surface area contributed by atoms with Crippen molar-refractivity contribution in [1.82, 2.24) is 5.32 Å². The number of rotatable bonds is 48. The van der Waals surface area contributed by atoms with E-state index in [4.69, 9.17) is 28.4 Å². The monoisotopic (exact) mass is 1160 g/mol. The van der Waals surface area contributed by atoms with Crippen LogP contribution in [0.3, 0.4) is 0 Å². The zero-order chi connectivity index (χ0) is 59.0. The van der Waals surface area contributed by atoms with E-state index >= 15 is 0 Å². The minimum atomic E-state index is -1.98. The van der Waals surface area contributed by atoms with Crippen LogP contribution in [0.4, 0.5) is 0 Å². The van der Waals surface area contributed by atoms with Gasteiger partial charge in [0.1, 0.15) is 73.2 Å². The summed E-state index contributed by atoms with van der Waals surface area (Å²) in [6, 6.07) is -0.971. The third-order valence-corrected chi connectivity index (χ3v) is 16.2. The number of allylic oxidation sites excluding steroid dienone is 3. The van der Waals surface area contributed by atoms with Gasteiger partial charge in [0.15, 0.2) is 18.9 Å². The number of carbonyl (C=O) groups excluding carboxylic acids is 1. The Bertz CT molecular complexity index is 1580. The molecule has 12 N–H and O–H groups in total. The molecule has 3 aliphatic rings. The lowest BCUT2D eigenvalue weighted by molar-refractivity contribution is -0.379. The molecular formula is C62H115NO18. The van der Waals surface area contributed by atoms with Gasteiger partial charge in [-0.2, -0.15) is 0 Å². The Morgan fingerprint density at radius 2 is 0.778 bits per heavy atom. The van der Waals surface area contributed by atoms with Crippen LogP contribution in [0.1, 0.15) is 232 Å². The van der Waals surface area contributed by atoms with E-state index in [2.05, 4.69) is 31.3 Å². The van der Waals surface area contributed by atoms with Crippen LogP contribution in [0.2, 0.25) is 0 Å². The fourth-order valence-electron chi connectivity index (χ4n) is 11.0. The molecule has 3 saturated heterocycles. The Kier molecular flexibility index (Phi) is 41.4. The number of unbranched alkanes of at least 4 members (excludes halogenated alkanes) is 30. The largest absolute Gasteiger partial charge is 0.394 e. The van der Waals surface area contributed by atoms with Crippen molar-refractivity contribution in [3.8, 4) is 0 Å². The lowest BCUT2D eigenvalue weighted by Crippen LogP contribution is -2.66. The topological polar surface area (TPSA) is 307 Å². The number of carbonyl (C=O) groups is 1. The van der Waals surface area contributed by atoms with Crippen molar-refractivity contribution < 1.29 is 89.4 Å². The molecule has 81 heavy (non-hydrogen) atoms. The molecule has 3 heterocycles. The Morgan fingerprint density at radius 3 is 1.20 bits per heavy atom. The molecule has 0 bridgehead atoms. The maximum Gasteiger partial charge on any atom is 0.220 e. The second kappa shape index (κ2) is 45.6. The van der Waals surface area contributed by atoms with E-state index in [-0.39, 0.29) is 18.9 Å². The zero-order valence-corrected chi connectivity index (χ0v) is 49.8. The average Bonchev–Trinajstić information content (AvgIpc) is 3.46. The first-order chi connectivity index (χ1) is 39.3. The van der Waals surface area contributed by atoms with Crippen molar-refractivity contribution in [2.45, 2.75) is 336 Å². The fourth-order valence-corrected chi connectivity index (χ4v) is 11.0. The van der Waals surface area contributed by atoms with Crippen LogP contribution in [0.15, 0.2) is 24.3 Å². The van der Waals surface area contributed by atoms with Gasteiger partial charge in [0.05, 0.1) is 38.6 Å². The van der Waals surface area contributed by atoms with Crippen LogP contribution in [0.25, 0.3) is 0 Å². The SMILES string of the molecule is CCCCCCCCCC/C=C\CCCCCCCCCCCC(=O)NC(COC1OC(CO)C(OC2OC(CO)C(OC3OC(CO)C(O)C(O)C3O)C(O)C2O)C(O)C1O)C(O)/C=C/CCCCCCCCCCCCCCC. The summed E-state index contributed by atoms with van der Waals surface area (Å²) in [5.41, 5.74) is 0. The minimum absolute atomic E-state index is 0.243. The highest BCUT2D eigenvalue weighted by Gasteiger charge is 2.53. The molecule has 3 rings (SSSR count). The highest BCUT2D eigenvalue weighted by molar-refractivity contribution is 5.76. The molecule has 0 spiro atoms. The van der Waals surface area contributed by atoms with Gasteiger partial charge in [-0.3, -0.25) is 4.79 Å². The molecule has 19 nitrogen and oxygen atoms in total. The number of hydrogen-bond acceptors (Lipinski definition) is 18. The number of nitrogens with one attached hydrogen (secondary N) is 1. The predicted octanol–water partition coefficient (Wildman–Crippen LogP) is 6.71. The average molecular weight is 1160 g/mol. The van der Waals surface area contributed by atoms with Crippen LogP contribution in [-0.2, 0) is 33.2 Å². The lowest BCUT2D eigenvalue weighted by Gasteiger charge is -2.48. The molecule has 3 fully saturated rings. The smallest absolute Gasteiger partial charge is 0.220 e. The third-order valence-electron chi connectivity index (χ3n) is 16.2. The highest BCUT2D eigenvalue weighted by Crippen LogP contribution is 2.33. The molecule has 0 saturated carbocycles. The number of amides is 1. The van der Waals surface area contributed by atoms with Crippen LogP contribution >= 0.6 is 0 Å². The first kappa shape index (κ1) is 73.5. The van der Waals surface area contributed by atoms with Crippen molar-refractivity contribution in [2.24, 2.45) is 0 Å². The summed E-state index contributed by atoms with van der Waals surface area (Å²) in [6.45, 7) is 1.73. The molecule has 3 aliphatic heterocycles. The van der Waals surface area contributed by atoms with Crippen molar-refractivity contribution in [3.05, 3.63) is 24.3 Å². The summed E-state index contributed by atoms with van der Waals surface area (Å²) in [4.78, 5) is 13.4. The molecule has 1 amide bonds. The van der Waals surface area contributed by atoms with Crippen molar-refractivity contribution in [2.75, 3.05) is 26.4 Å². The molecule has 17 unspecified atom stereocenters. The van der Waals surface area contributed by atoms with E-state index in [0.717, 1.165) is 51.4 Å². The summed E-state index contributed by atoms with van der Waals surface area (Å²) in [7, 11) is 0. The number of aliphatic hydroxyl groups excluding tert-OH is 11. The van der Waals surface area contributed by atoms with Crippen LogP contribution < -0.4 is 5.32 Å². The van der Waals surface area contributed by atoms with Crippen molar-refractivity contribution in [3.63, 3.8) is 0 Å². The molecule has 476 valence electrons. The predicted molar refractivity (Wildman–Crippen MR) is 310 cm³/mol. The highest BCUT2D eigenvalue weighted by atomic mass is 16.8. The molecular weight excluding hydrogens is 1050 g/mol. The minimum Gasteiger partial charge on any atom is -0.394 e. The van der Waals surface area contributed by atoms with Gasteiger partial charge in [0.2, 0.25) is 5.91 Å². The van der Waals surface area contributed by atoms with Crippen LogP contribution in [0, 0.1) is 0 Å². The van der Waals surface area contributed by atoms with E-state index < -0.39 is 124 Å². The molecule has 0 aromatic heterocycles. The van der Waals surface area contributed by atoms with Gasteiger partial charge >= 0.3 is 0 Å². The van der Waals surface area contributed by atoms with Gasteiger partial charge < -0.3 is 89.9 Å². The summed E-state index contributed by atoms with van der Waals surface area (Å²) >= 11 is 0. The van der Waals surface area contributed by atoms with Crippen LogP contribution in [-0.4, -0.2) is 193 Å². The van der Waals surface area contributed by atoms with Gasteiger partial charge in [-0.25, -0.2) is 0 Å². The van der Waals surface area contributed by atoms with Crippen molar-refractivity contribution >= 4 is 5.91 Å². The lowest BCUT2D eigenvalue weighted by atomic mass is 9.96. The number of aliphatic hydroxyl groups is 11. The first-order valence-corrected chi connectivity index (χ1v) is 32.1. The van der Waals surface area contributed by atoms with E-state index in [0.29, 0.717) is 6.42 Å². The summed E-state index contributed by atoms with van der Waals surface area (Å²) in [5, 5.41) is 120. The summed E-state index contributed by atoms with van der Waals surface area (Å²) in [6.07, 6.45) is 21.5. The van der Waals surface area contributed by atoms with E-state index in [1.165, 1.54) is 154 Å². The molecule has 0 aliphatic carbocycles. The maximum absolute atomic E-state index is 13.4. The number of ether oxygens (including phenoxy) is 6. The molecule has 19 heteroatoms. The Labute approximate surface area is 486 Å². The Balaban J connectivity index is 1.47. The molecule has 17 atom stereocenters. The normalized spacial score (nSPS) is 29.9. The van der Waals surface area contributed by atoms with Gasteiger partial charge in [-0.15, -0.1) is 0 Å². The molecule has 0 radical (unpaired) electrons. The standard InChI is InChI=1S/C62H115NO18/c1-3-5-7-9-11-13-15-17-19-20-21-22-23-24-26-28-30-32-34-36-38-40-50(68)63-45(46(67)39-37-35-33-31-29-27-25-18-16-14-12-10-8-6-4-2)44-76-60-56(74)53(71)58(48(42-65)78-60)81-62-57(75)54(72)59(49(43-66)79-62)80-61-55(73)52(70)51(69)47(41-64)77-61/h20-21,37,39,45-49,51-62,64-67,69-75H,3-19,22-36,38,40-44H2,1-2H3,(H,63,68)/b21-20-,39-37+. The van der Waals surface area contributed by atoms with Gasteiger partial charge in [0, 0.05) is 6.42 Å². The van der Waals surface area contributed by atoms with Gasteiger partial charge in [0.25, 0.3) is 0 Å². The van der Waals surface area contributed by atoms with E-state index in [9.17, 15) is 61.0 Å². The first-order valence-electron chi connectivity index (χ1n) is 32.1. The third kappa shape index (κ3) is 29.0. The number of hydrogen-bond donors (Lipinski definition) is 12. The summed E-state index contributed by atoms with van der Waals surface area (Å²) in [5.74, 6) is -0.276. The van der Waals surface area contributed by atoms with Gasteiger partial charge in [-0.1, -0.05) is 205 Å². The van der Waals surface area contributed by atoms with Crippen LogP contribution in [0.5, 0.6) is 0 Å². The Morgan fingerprint density at radius 1 is 0.432 bits per heavy atom. The van der Waals surface area contributed by atoms with E-state index in [1.54, 1.807) is 6.08 Å². The maximum atomic E-state index is 13.4. The second-order valence-corrected chi connectivity index (χ2v) is 23.2. The molecule has 0 aromatic rings. The zero-order valence-electron chi connectivity index (χ0n) is 49.8. The second-order valence-electron chi connectivity index (χ2n) is 23.2. The van der Waals surface area contributed by atoms with Gasteiger partial charge in [-0.05, 0) is 44.9 Å². The van der Waals surface area contributed by atoms with E-state index in [1.807, 2.05) is 6.08 Å².